The normalized spacial score (nSPS) is 10.3. The van der Waals surface area contributed by atoms with Gasteiger partial charge in [0.25, 0.3) is 6.43 Å². The fourth-order valence-corrected chi connectivity index (χ4v) is 0.917. The van der Waals surface area contributed by atoms with Crippen molar-refractivity contribution in [1.29, 1.82) is 5.26 Å². The van der Waals surface area contributed by atoms with Crippen molar-refractivity contribution in [2.24, 2.45) is 0 Å². The molecular weight excluding hydrogens is 197 g/mol. The number of aromatic nitrogens is 1. The molecule has 1 aromatic heterocycles. The van der Waals surface area contributed by atoms with E-state index in [1.807, 2.05) is 0 Å². The van der Waals surface area contributed by atoms with Gasteiger partial charge in [0.05, 0.1) is 12.2 Å². The lowest BCUT2D eigenvalue weighted by atomic mass is 10.1. The summed E-state index contributed by atoms with van der Waals surface area (Å²) in [5.74, 6) is -1.10. The maximum atomic E-state index is 12.8. The van der Waals surface area contributed by atoms with Gasteiger partial charge in [-0.15, -0.1) is 0 Å². The van der Waals surface area contributed by atoms with Crippen LogP contribution in [0.1, 0.15) is 23.2 Å². The van der Waals surface area contributed by atoms with Crippen LogP contribution in [0.15, 0.2) is 6.07 Å². The Hall–Kier alpha value is -1.61. The van der Waals surface area contributed by atoms with E-state index in [1.54, 1.807) is 0 Å². The average molecular weight is 202 g/mol. The van der Waals surface area contributed by atoms with E-state index in [9.17, 15) is 13.2 Å². The van der Waals surface area contributed by atoms with Crippen molar-refractivity contribution in [3.8, 4) is 6.07 Å². The molecule has 0 fully saturated rings. The molecule has 0 aliphatic rings. The second-order valence-corrected chi connectivity index (χ2v) is 2.45. The zero-order valence-electron chi connectivity index (χ0n) is 6.84. The third-order valence-electron chi connectivity index (χ3n) is 1.59. The van der Waals surface area contributed by atoms with Gasteiger partial charge in [-0.2, -0.15) is 9.65 Å². The summed E-state index contributed by atoms with van der Waals surface area (Å²) in [4.78, 5) is 3.02. The molecule has 0 saturated heterocycles. The van der Waals surface area contributed by atoms with Crippen LogP contribution in [0.5, 0.6) is 0 Å². The van der Waals surface area contributed by atoms with Gasteiger partial charge in [0, 0.05) is 5.56 Å². The van der Waals surface area contributed by atoms with Crippen LogP contribution >= 0.6 is 0 Å². The van der Waals surface area contributed by atoms with Crippen LogP contribution < -0.4 is 0 Å². The van der Waals surface area contributed by atoms with E-state index in [4.69, 9.17) is 10.4 Å². The van der Waals surface area contributed by atoms with E-state index in [1.165, 1.54) is 6.07 Å². The molecule has 0 aromatic carbocycles. The number of aliphatic hydroxyl groups is 1. The van der Waals surface area contributed by atoms with Crippen molar-refractivity contribution >= 4 is 0 Å². The van der Waals surface area contributed by atoms with Gasteiger partial charge in [-0.1, -0.05) is 0 Å². The van der Waals surface area contributed by atoms with Crippen LogP contribution in [0.2, 0.25) is 0 Å². The van der Waals surface area contributed by atoms with E-state index >= 15 is 0 Å². The Labute approximate surface area is 77.4 Å². The van der Waals surface area contributed by atoms with Gasteiger partial charge < -0.3 is 5.11 Å². The lowest BCUT2D eigenvalue weighted by molar-refractivity contribution is 0.150. The first-order valence-electron chi connectivity index (χ1n) is 3.58. The summed E-state index contributed by atoms with van der Waals surface area (Å²) in [6.07, 6.45) is -2.91. The first kappa shape index (κ1) is 10.5. The Kier molecular flexibility index (Phi) is 3.04. The molecule has 3 nitrogen and oxygen atoms in total. The highest BCUT2D eigenvalue weighted by molar-refractivity contribution is 5.34. The van der Waals surface area contributed by atoms with Gasteiger partial charge in [-0.25, -0.2) is 13.8 Å². The maximum absolute atomic E-state index is 12.8. The van der Waals surface area contributed by atoms with Gasteiger partial charge in [-0.05, 0) is 6.07 Å². The van der Waals surface area contributed by atoms with Crippen LogP contribution in [0, 0.1) is 17.3 Å². The van der Waals surface area contributed by atoms with Crippen LogP contribution in [0.25, 0.3) is 0 Å². The maximum Gasteiger partial charge on any atom is 0.266 e. The molecule has 1 aromatic rings. The van der Waals surface area contributed by atoms with E-state index in [-0.39, 0.29) is 5.56 Å². The number of nitriles is 1. The Balaban J connectivity index is 3.34. The first-order valence-corrected chi connectivity index (χ1v) is 3.58. The summed E-state index contributed by atoms with van der Waals surface area (Å²) in [7, 11) is 0. The molecule has 0 saturated carbocycles. The second kappa shape index (κ2) is 4.07. The van der Waals surface area contributed by atoms with Gasteiger partial charge in [0.15, 0.2) is 5.69 Å². The van der Waals surface area contributed by atoms with Crippen LogP contribution in [-0.4, -0.2) is 10.1 Å². The van der Waals surface area contributed by atoms with Gasteiger partial charge >= 0.3 is 0 Å². The molecule has 6 heteroatoms. The first-order chi connectivity index (χ1) is 6.60. The Morgan fingerprint density at radius 2 is 2.21 bits per heavy atom. The highest BCUT2D eigenvalue weighted by Gasteiger charge is 2.17. The number of hydrogen-bond donors (Lipinski definition) is 1. The molecule has 0 unspecified atom stereocenters. The van der Waals surface area contributed by atoms with Gasteiger partial charge in [0.1, 0.15) is 6.07 Å². The predicted octanol–water partition coefficient (Wildman–Crippen LogP) is 1.52. The number of aliphatic hydroxyl groups excluding tert-OH is 1. The smallest absolute Gasteiger partial charge is 0.266 e. The van der Waals surface area contributed by atoms with Gasteiger partial charge in [0.2, 0.25) is 5.95 Å². The van der Waals surface area contributed by atoms with Crippen LogP contribution in [0.4, 0.5) is 13.2 Å². The van der Waals surface area contributed by atoms with Crippen LogP contribution in [-0.2, 0) is 6.61 Å². The topological polar surface area (TPSA) is 56.9 Å². The molecule has 1 rings (SSSR count). The fraction of sp³-hybridized carbons (Fsp3) is 0.250. The molecule has 0 radical (unpaired) electrons. The Morgan fingerprint density at radius 1 is 1.57 bits per heavy atom. The molecule has 0 spiro atoms. The molecular formula is C8H5F3N2O. The Morgan fingerprint density at radius 3 is 2.64 bits per heavy atom. The molecule has 0 aliphatic carbocycles. The second-order valence-electron chi connectivity index (χ2n) is 2.45. The number of nitrogens with zero attached hydrogens (tertiary/aromatic N) is 2. The van der Waals surface area contributed by atoms with Gasteiger partial charge in [-0.3, -0.25) is 0 Å². The predicted molar refractivity (Wildman–Crippen MR) is 39.8 cm³/mol. The zero-order valence-corrected chi connectivity index (χ0v) is 6.84. The lowest BCUT2D eigenvalue weighted by Crippen LogP contribution is -2.02. The number of halogens is 3. The van der Waals surface area contributed by atoms with Crippen molar-refractivity contribution < 1.29 is 18.3 Å². The molecule has 74 valence electrons. The number of hydrogen-bond acceptors (Lipinski definition) is 3. The van der Waals surface area contributed by atoms with Crippen molar-refractivity contribution in [1.82, 2.24) is 4.98 Å². The molecule has 14 heavy (non-hydrogen) atoms. The van der Waals surface area contributed by atoms with E-state index in [0.717, 1.165) is 6.07 Å². The van der Waals surface area contributed by atoms with E-state index in [2.05, 4.69) is 4.98 Å². The largest absolute Gasteiger partial charge is 0.392 e. The molecule has 1 heterocycles. The lowest BCUT2D eigenvalue weighted by Gasteiger charge is -2.04. The monoisotopic (exact) mass is 202 g/mol. The molecule has 0 amide bonds. The highest BCUT2D eigenvalue weighted by atomic mass is 19.3. The molecule has 0 aliphatic heterocycles. The van der Waals surface area contributed by atoms with Crippen molar-refractivity contribution in [3.63, 3.8) is 0 Å². The van der Waals surface area contributed by atoms with Crippen LogP contribution in [0.3, 0.4) is 0 Å². The number of rotatable bonds is 2. The molecule has 1 N–H and O–H groups in total. The third-order valence-corrected chi connectivity index (χ3v) is 1.59. The minimum Gasteiger partial charge on any atom is -0.392 e. The molecule has 0 atom stereocenters. The summed E-state index contributed by atoms with van der Waals surface area (Å²) >= 11 is 0. The zero-order chi connectivity index (χ0) is 10.7. The van der Waals surface area contributed by atoms with E-state index in [0.29, 0.717) is 0 Å². The summed E-state index contributed by atoms with van der Waals surface area (Å²) in [6.45, 7) is -0.732. The standard InChI is InChI=1S/C8H5F3N2O/c9-7(10)5-1-4(3-14)8(11)13-6(5)2-12/h1,7,14H,3H2. The summed E-state index contributed by atoms with van der Waals surface area (Å²) in [5.41, 5.74) is -1.67. The van der Waals surface area contributed by atoms with Crippen molar-refractivity contribution in [3.05, 3.63) is 28.8 Å². The SMILES string of the molecule is N#Cc1nc(F)c(CO)cc1C(F)F. The minimum atomic E-state index is -2.91. The third kappa shape index (κ3) is 1.83. The average Bonchev–Trinajstić information content (AvgIpc) is 2.16. The van der Waals surface area contributed by atoms with Crippen molar-refractivity contribution in [2.45, 2.75) is 13.0 Å². The van der Waals surface area contributed by atoms with Crippen molar-refractivity contribution in [2.75, 3.05) is 0 Å². The minimum absolute atomic E-state index is 0.348. The van der Waals surface area contributed by atoms with E-state index < -0.39 is 30.2 Å². The Bertz CT molecular complexity index is 387. The highest BCUT2D eigenvalue weighted by Crippen LogP contribution is 2.23. The summed E-state index contributed by atoms with van der Waals surface area (Å²) in [5, 5.41) is 17.0. The number of alkyl halides is 2. The summed E-state index contributed by atoms with van der Waals surface area (Å²) in [6, 6.07) is 2.10. The molecule has 0 bridgehead atoms. The fourth-order valence-electron chi connectivity index (χ4n) is 0.917. The summed E-state index contributed by atoms with van der Waals surface area (Å²) < 4.78 is 37.3. The quantitative estimate of drug-likeness (QED) is 0.739. The number of pyridine rings is 1.